The number of nitrogens with zero attached hydrogens (tertiary/aromatic N) is 1. The lowest BCUT2D eigenvalue weighted by atomic mass is 9.86. The van der Waals surface area contributed by atoms with Crippen LogP contribution in [0, 0.1) is 0 Å². The highest BCUT2D eigenvalue weighted by molar-refractivity contribution is 5.75. The van der Waals surface area contributed by atoms with Crippen molar-refractivity contribution in [1.82, 2.24) is 15.5 Å². The van der Waals surface area contributed by atoms with E-state index in [1.165, 1.54) is 0 Å². The number of hydrogen-bond acceptors (Lipinski definition) is 3. The zero-order valence-corrected chi connectivity index (χ0v) is 9.51. The fraction of sp³-hybridized carbons (Fsp3) is 0.909. The molecule has 2 aliphatic rings. The van der Waals surface area contributed by atoms with E-state index in [0.29, 0.717) is 12.3 Å². The van der Waals surface area contributed by atoms with E-state index in [-0.39, 0.29) is 5.54 Å². The van der Waals surface area contributed by atoms with Crippen LogP contribution in [0.15, 0.2) is 0 Å². The van der Waals surface area contributed by atoms with Gasteiger partial charge in [0.1, 0.15) is 0 Å². The number of rotatable bonds is 1. The first kappa shape index (κ1) is 10.9. The summed E-state index contributed by atoms with van der Waals surface area (Å²) in [7, 11) is 0. The van der Waals surface area contributed by atoms with Crippen LogP contribution in [-0.2, 0) is 4.79 Å². The Morgan fingerprint density at radius 3 is 2.60 bits per heavy atom. The Bertz CT molecular complexity index is 226. The van der Waals surface area contributed by atoms with Crippen molar-refractivity contribution in [3.63, 3.8) is 0 Å². The molecule has 0 bridgehead atoms. The van der Waals surface area contributed by atoms with Crippen LogP contribution in [0.4, 0.5) is 0 Å². The topological polar surface area (TPSA) is 44.4 Å². The minimum atomic E-state index is 0.267. The van der Waals surface area contributed by atoms with Crippen LogP contribution >= 0.6 is 0 Å². The van der Waals surface area contributed by atoms with E-state index >= 15 is 0 Å². The van der Waals surface area contributed by atoms with Gasteiger partial charge in [0.05, 0.1) is 0 Å². The van der Waals surface area contributed by atoms with Crippen LogP contribution in [0.5, 0.6) is 0 Å². The number of hydrogen-bond donors (Lipinski definition) is 2. The Kier molecular flexibility index (Phi) is 3.26. The van der Waals surface area contributed by atoms with Gasteiger partial charge in [0, 0.05) is 44.7 Å². The van der Waals surface area contributed by atoms with E-state index in [4.69, 9.17) is 0 Å². The molecule has 0 aromatic carbocycles. The number of amides is 1. The molecule has 0 radical (unpaired) electrons. The van der Waals surface area contributed by atoms with Crippen LogP contribution in [-0.4, -0.2) is 49.1 Å². The first-order chi connectivity index (χ1) is 7.26. The molecule has 1 spiro atoms. The zero-order valence-electron chi connectivity index (χ0n) is 9.51. The standard InChI is InChI=1S/C11H21N3O/c1-2-10(15)14-7-3-11(4-8-14)9-12-5-6-13-11/h12-13H,2-9H2,1H3. The maximum atomic E-state index is 11.5. The van der Waals surface area contributed by atoms with Gasteiger partial charge < -0.3 is 15.5 Å². The molecule has 86 valence electrons. The van der Waals surface area contributed by atoms with Crippen LogP contribution in [0.2, 0.25) is 0 Å². The molecular formula is C11H21N3O. The van der Waals surface area contributed by atoms with Crippen molar-refractivity contribution in [2.45, 2.75) is 31.7 Å². The SMILES string of the molecule is CCC(=O)N1CCC2(CC1)CNCCN2. The highest BCUT2D eigenvalue weighted by Gasteiger charge is 2.36. The monoisotopic (exact) mass is 211 g/mol. The second kappa shape index (κ2) is 4.49. The van der Waals surface area contributed by atoms with Crippen molar-refractivity contribution in [3.8, 4) is 0 Å². The van der Waals surface area contributed by atoms with Crippen LogP contribution in [0.25, 0.3) is 0 Å². The lowest BCUT2D eigenvalue weighted by Crippen LogP contribution is -2.63. The van der Waals surface area contributed by atoms with Crippen LogP contribution in [0.3, 0.4) is 0 Å². The van der Waals surface area contributed by atoms with Gasteiger partial charge in [0.15, 0.2) is 0 Å². The normalized spacial score (nSPS) is 25.5. The number of likely N-dealkylation sites (tertiary alicyclic amines) is 1. The van der Waals surface area contributed by atoms with Gasteiger partial charge in [-0.25, -0.2) is 0 Å². The Balaban J connectivity index is 1.88. The predicted octanol–water partition coefficient (Wildman–Crippen LogP) is -0.0496. The van der Waals surface area contributed by atoms with E-state index < -0.39 is 0 Å². The summed E-state index contributed by atoms with van der Waals surface area (Å²) >= 11 is 0. The summed E-state index contributed by atoms with van der Waals surface area (Å²) < 4.78 is 0. The molecule has 0 aromatic rings. The van der Waals surface area contributed by atoms with Gasteiger partial charge in [0.25, 0.3) is 0 Å². The average molecular weight is 211 g/mol. The second-order valence-electron chi connectivity index (χ2n) is 4.62. The van der Waals surface area contributed by atoms with Gasteiger partial charge >= 0.3 is 0 Å². The molecule has 2 saturated heterocycles. The van der Waals surface area contributed by atoms with E-state index in [1.54, 1.807) is 0 Å². The van der Waals surface area contributed by atoms with E-state index in [9.17, 15) is 4.79 Å². The third-order valence-corrected chi connectivity index (χ3v) is 3.64. The Morgan fingerprint density at radius 2 is 2.07 bits per heavy atom. The zero-order chi connectivity index (χ0) is 10.7. The molecule has 1 amide bonds. The summed E-state index contributed by atoms with van der Waals surface area (Å²) in [5, 5.41) is 7.05. The summed E-state index contributed by atoms with van der Waals surface area (Å²) in [6.45, 7) is 6.96. The lowest BCUT2D eigenvalue weighted by Gasteiger charge is -2.45. The molecule has 4 heteroatoms. The smallest absolute Gasteiger partial charge is 0.222 e. The summed E-state index contributed by atoms with van der Waals surface area (Å²) in [6, 6.07) is 0. The van der Waals surface area contributed by atoms with Crippen LogP contribution in [0.1, 0.15) is 26.2 Å². The minimum absolute atomic E-state index is 0.267. The molecule has 0 unspecified atom stereocenters. The Morgan fingerprint density at radius 1 is 1.33 bits per heavy atom. The van der Waals surface area contributed by atoms with Crippen molar-refractivity contribution in [2.75, 3.05) is 32.7 Å². The molecule has 15 heavy (non-hydrogen) atoms. The Hall–Kier alpha value is -0.610. The summed E-state index contributed by atoms with van der Waals surface area (Å²) in [5.74, 6) is 0.300. The molecule has 2 fully saturated rings. The molecule has 0 atom stereocenters. The van der Waals surface area contributed by atoms with Crippen molar-refractivity contribution in [3.05, 3.63) is 0 Å². The number of piperazine rings is 1. The lowest BCUT2D eigenvalue weighted by molar-refractivity contribution is -0.132. The fourth-order valence-electron chi connectivity index (χ4n) is 2.57. The quantitative estimate of drug-likeness (QED) is 0.639. The van der Waals surface area contributed by atoms with Gasteiger partial charge in [-0.1, -0.05) is 6.92 Å². The number of carbonyl (C=O) groups is 1. The maximum Gasteiger partial charge on any atom is 0.222 e. The molecule has 0 aromatic heterocycles. The second-order valence-corrected chi connectivity index (χ2v) is 4.62. The van der Waals surface area contributed by atoms with Crippen molar-refractivity contribution in [2.24, 2.45) is 0 Å². The molecule has 2 rings (SSSR count). The van der Waals surface area contributed by atoms with Gasteiger partial charge in [-0.05, 0) is 12.8 Å². The maximum absolute atomic E-state index is 11.5. The average Bonchev–Trinajstić information content (AvgIpc) is 2.30. The van der Waals surface area contributed by atoms with Crippen molar-refractivity contribution < 1.29 is 4.79 Å². The first-order valence-electron chi connectivity index (χ1n) is 5.99. The fourth-order valence-corrected chi connectivity index (χ4v) is 2.57. The van der Waals surface area contributed by atoms with Crippen molar-refractivity contribution >= 4 is 5.91 Å². The van der Waals surface area contributed by atoms with Gasteiger partial charge in [-0.15, -0.1) is 0 Å². The highest BCUT2D eigenvalue weighted by Crippen LogP contribution is 2.23. The molecule has 4 nitrogen and oxygen atoms in total. The molecule has 2 N–H and O–H groups in total. The summed E-state index contributed by atoms with van der Waals surface area (Å²) in [6.07, 6.45) is 2.82. The third kappa shape index (κ3) is 2.32. The summed E-state index contributed by atoms with van der Waals surface area (Å²) in [4.78, 5) is 13.5. The van der Waals surface area contributed by atoms with Gasteiger partial charge in [-0.3, -0.25) is 4.79 Å². The number of nitrogens with one attached hydrogen (secondary N) is 2. The molecular weight excluding hydrogens is 190 g/mol. The molecule has 2 aliphatic heterocycles. The molecule has 0 saturated carbocycles. The largest absolute Gasteiger partial charge is 0.343 e. The highest BCUT2D eigenvalue weighted by atomic mass is 16.2. The van der Waals surface area contributed by atoms with E-state index in [0.717, 1.165) is 45.6 Å². The third-order valence-electron chi connectivity index (χ3n) is 3.64. The van der Waals surface area contributed by atoms with Gasteiger partial charge in [0.2, 0.25) is 5.91 Å². The predicted molar refractivity (Wildman–Crippen MR) is 59.7 cm³/mol. The first-order valence-corrected chi connectivity index (χ1v) is 5.99. The molecule has 0 aliphatic carbocycles. The number of piperidine rings is 1. The molecule has 2 heterocycles. The van der Waals surface area contributed by atoms with Gasteiger partial charge in [-0.2, -0.15) is 0 Å². The van der Waals surface area contributed by atoms with E-state index in [1.807, 2.05) is 11.8 Å². The number of carbonyl (C=O) groups excluding carboxylic acids is 1. The van der Waals surface area contributed by atoms with Crippen molar-refractivity contribution in [1.29, 1.82) is 0 Å². The summed E-state index contributed by atoms with van der Waals surface area (Å²) in [5.41, 5.74) is 0.267. The Labute approximate surface area is 91.4 Å². The minimum Gasteiger partial charge on any atom is -0.343 e. The van der Waals surface area contributed by atoms with E-state index in [2.05, 4.69) is 10.6 Å². The van der Waals surface area contributed by atoms with Crippen LogP contribution < -0.4 is 10.6 Å².